The minimum atomic E-state index is -0.441. The Labute approximate surface area is 113 Å². The largest absolute Gasteiger partial charge is 0.398 e. The van der Waals surface area contributed by atoms with Gasteiger partial charge in [-0.15, -0.1) is 0 Å². The van der Waals surface area contributed by atoms with Crippen molar-refractivity contribution in [2.75, 3.05) is 18.8 Å². The van der Waals surface area contributed by atoms with Crippen LogP contribution in [0.5, 0.6) is 0 Å². The first-order valence-electron chi connectivity index (χ1n) is 6.44. The van der Waals surface area contributed by atoms with Gasteiger partial charge < -0.3 is 15.5 Å². The highest BCUT2D eigenvalue weighted by Gasteiger charge is 2.33. The molecule has 102 valence electrons. The summed E-state index contributed by atoms with van der Waals surface area (Å²) in [6, 6.07) is 7.46. The average molecular weight is 261 g/mol. The van der Waals surface area contributed by atoms with E-state index in [1.165, 1.54) is 0 Å². The second-order valence-corrected chi connectivity index (χ2v) is 5.02. The van der Waals surface area contributed by atoms with Gasteiger partial charge in [0.1, 0.15) is 0 Å². The smallest absolute Gasteiger partial charge is 0.312 e. The number of rotatable bonds is 3. The number of anilines is 1. The van der Waals surface area contributed by atoms with E-state index in [4.69, 9.17) is 5.73 Å². The molecule has 2 rings (SSSR count). The molecule has 1 aliphatic rings. The van der Waals surface area contributed by atoms with Crippen molar-refractivity contribution in [3.05, 3.63) is 29.8 Å². The van der Waals surface area contributed by atoms with Gasteiger partial charge in [0.05, 0.1) is 0 Å². The number of benzene rings is 1. The molecule has 0 aliphatic carbocycles. The molecular formula is C14H19N3O2. The van der Waals surface area contributed by atoms with Crippen LogP contribution in [0.25, 0.3) is 0 Å². The molecule has 0 atom stereocenters. The van der Waals surface area contributed by atoms with Crippen LogP contribution in [-0.2, 0) is 16.1 Å². The third-order valence-electron chi connectivity index (χ3n) is 3.38. The van der Waals surface area contributed by atoms with Crippen molar-refractivity contribution in [2.24, 2.45) is 0 Å². The fourth-order valence-corrected chi connectivity index (χ4v) is 2.22. The van der Waals surface area contributed by atoms with Crippen molar-refractivity contribution >= 4 is 17.5 Å². The summed E-state index contributed by atoms with van der Waals surface area (Å²) in [5.74, 6) is -0.862. The van der Waals surface area contributed by atoms with Gasteiger partial charge in [0.2, 0.25) is 0 Å². The molecule has 0 bridgehead atoms. The fourth-order valence-electron chi connectivity index (χ4n) is 2.22. The molecule has 2 amide bonds. The molecular weight excluding hydrogens is 242 g/mol. The standard InChI is InChI=1S/C14H19N3O2/c1-10(2)17-8-7-16(13(18)14(17)19)9-11-5-3-4-6-12(11)15/h3-6,10H,7-9,15H2,1-2H3. The van der Waals surface area contributed by atoms with E-state index in [0.717, 1.165) is 5.56 Å². The van der Waals surface area contributed by atoms with E-state index in [9.17, 15) is 9.59 Å². The van der Waals surface area contributed by atoms with Crippen LogP contribution in [0.1, 0.15) is 19.4 Å². The molecule has 1 aromatic carbocycles. The zero-order valence-electron chi connectivity index (χ0n) is 11.3. The van der Waals surface area contributed by atoms with Gasteiger partial charge in [-0.3, -0.25) is 9.59 Å². The van der Waals surface area contributed by atoms with Gasteiger partial charge in [0, 0.05) is 31.4 Å². The minimum absolute atomic E-state index is 0.0559. The lowest BCUT2D eigenvalue weighted by molar-refractivity contribution is -0.157. The topological polar surface area (TPSA) is 66.6 Å². The van der Waals surface area contributed by atoms with Crippen molar-refractivity contribution in [1.82, 2.24) is 9.80 Å². The summed E-state index contributed by atoms with van der Waals surface area (Å²) in [4.78, 5) is 27.2. The third kappa shape index (κ3) is 2.70. The van der Waals surface area contributed by atoms with E-state index < -0.39 is 11.8 Å². The van der Waals surface area contributed by atoms with Crippen molar-refractivity contribution in [3.63, 3.8) is 0 Å². The summed E-state index contributed by atoms with van der Waals surface area (Å²) in [5, 5.41) is 0. The van der Waals surface area contributed by atoms with Crippen molar-refractivity contribution in [1.29, 1.82) is 0 Å². The van der Waals surface area contributed by atoms with Gasteiger partial charge in [0.15, 0.2) is 0 Å². The van der Waals surface area contributed by atoms with Crippen LogP contribution in [0.3, 0.4) is 0 Å². The summed E-state index contributed by atoms with van der Waals surface area (Å²) in [6.45, 7) is 5.35. The summed E-state index contributed by atoms with van der Waals surface area (Å²) in [5.41, 5.74) is 7.38. The van der Waals surface area contributed by atoms with Gasteiger partial charge >= 0.3 is 11.8 Å². The van der Waals surface area contributed by atoms with E-state index in [-0.39, 0.29) is 6.04 Å². The number of amides is 2. The molecule has 19 heavy (non-hydrogen) atoms. The molecule has 1 heterocycles. The van der Waals surface area contributed by atoms with Gasteiger partial charge in [-0.25, -0.2) is 0 Å². The molecule has 0 spiro atoms. The fraction of sp³-hybridized carbons (Fsp3) is 0.429. The normalized spacial score (nSPS) is 16.4. The van der Waals surface area contributed by atoms with Crippen molar-refractivity contribution in [2.45, 2.75) is 26.4 Å². The second-order valence-electron chi connectivity index (χ2n) is 5.02. The number of nitrogen functional groups attached to an aromatic ring is 1. The first-order chi connectivity index (χ1) is 9.00. The average Bonchev–Trinajstić information content (AvgIpc) is 2.37. The number of carbonyl (C=O) groups excluding carboxylic acids is 2. The lowest BCUT2D eigenvalue weighted by Crippen LogP contribution is -2.55. The van der Waals surface area contributed by atoms with Crippen molar-refractivity contribution < 1.29 is 9.59 Å². The molecule has 1 aromatic rings. The van der Waals surface area contributed by atoms with Crippen LogP contribution in [-0.4, -0.2) is 40.7 Å². The number of carbonyl (C=O) groups is 2. The Bertz CT molecular complexity index is 499. The third-order valence-corrected chi connectivity index (χ3v) is 3.38. The zero-order chi connectivity index (χ0) is 14.0. The van der Waals surface area contributed by atoms with E-state index in [2.05, 4.69) is 0 Å². The summed E-state index contributed by atoms with van der Waals surface area (Å²) >= 11 is 0. The molecule has 0 saturated carbocycles. The van der Waals surface area contributed by atoms with Gasteiger partial charge in [-0.1, -0.05) is 18.2 Å². The first kappa shape index (κ1) is 13.4. The van der Waals surface area contributed by atoms with Crippen LogP contribution in [0.2, 0.25) is 0 Å². The Hall–Kier alpha value is -2.04. The van der Waals surface area contributed by atoms with E-state index >= 15 is 0 Å². The maximum atomic E-state index is 12.0. The number of para-hydroxylation sites is 1. The van der Waals surface area contributed by atoms with E-state index in [0.29, 0.717) is 25.3 Å². The Morgan fingerprint density at radius 1 is 1.16 bits per heavy atom. The van der Waals surface area contributed by atoms with Crippen LogP contribution in [0, 0.1) is 0 Å². The predicted molar refractivity (Wildman–Crippen MR) is 73.1 cm³/mol. The summed E-state index contributed by atoms with van der Waals surface area (Å²) < 4.78 is 0. The zero-order valence-corrected chi connectivity index (χ0v) is 11.3. The van der Waals surface area contributed by atoms with Crippen LogP contribution in [0.4, 0.5) is 5.69 Å². The highest BCUT2D eigenvalue weighted by Crippen LogP contribution is 2.16. The summed E-state index contributed by atoms with van der Waals surface area (Å²) in [7, 11) is 0. The van der Waals surface area contributed by atoms with Gasteiger partial charge in [0.25, 0.3) is 0 Å². The molecule has 0 radical (unpaired) electrons. The SMILES string of the molecule is CC(C)N1CCN(Cc2ccccc2N)C(=O)C1=O. The predicted octanol–water partition coefficient (Wildman–Crippen LogP) is 0.848. The second kappa shape index (κ2) is 5.30. The molecule has 1 aliphatic heterocycles. The van der Waals surface area contributed by atoms with E-state index in [1.54, 1.807) is 15.9 Å². The molecule has 2 N–H and O–H groups in total. The molecule has 0 aromatic heterocycles. The maximum absolute atomic E-state index is 12.0. The van der Waals surface area contributed by atoms with Crippen LogP contribution < -0.4 is 5.73 Å². The maximum Gasteiger partial charge on any atom is 0.312 e. The Morgan fingerprint density at radius 3 is 2.47 bits per heavy atom. The minimum Gasteiger partial charge on any atom is -0.398 e. The van der Waals surface area contributed by atoms with Gasteiger partial charge in [-0.2, -0.15) is 0 Å². The van der Waals surface area contributed by atoms with Crippen LogP contribution >= 0.6 is 0 Å². The number of nitrogens with zero attached hydrogens (tertiary/aromatic N) is 2. The van der Waals surface area contributed by atoms with E-state index in [1.807, 2.05) is 32.0 Å². The van der Waals surface area contributed by atoms with Crippen molar-refractivity contribution in [3.8, 4) is 0 Å². The molecule has 1 fully saturated rings. The molecule has 0 unspecified atom stereocenters. The molecule has 5 nitrogen and oxygen atoms in total. The lowest BCUT2D eigenvalue weighted by Gasteiger charge is -2.36. The highest BCUT2D eigenvalue weighted by atomic mass is 16.2. The van der Waals surface area contributed by atoms with Gasteiger partial charge in [-0.05, 0) is 25.5 Å². The number of nitrogens with two attached hydrogens (primary N) is 1. The Kier molecular flexibility index (Phi) is 3.74. The monoisotopic (exact) mass is 261 g/mol. The highest BCUT2D eigenvalue weighted by molar-refractivity contribution is 6.35. The number of piperazine rings is 1. The lowest BCUT2D eigenvalue weighted by atomic mass is 10.1. The first-order valence-corrected chi connectivity index (χ1v) is 6.44. The molecule has 1 saturated heterocycles. The molecule has 5 heteroatoms. The van der Waals surface area contributed by atoms with Crippen LogP contribution in [0.15, 0.2) is 24.3 Å². The quantitative estimate of drug-likeness (QED) is 0.648. The number of hydrogen-bond donors (Lipinski definition) is 1. The Balaban J connectivity index is 2.10. The number of hydrogen-bond acceptors (Lipinski definition) is 3. The Morgan fingerprint density at radius 2 is 1.84 bits per heavy atom. The summed E-state index contributed by atoms with van der Waals surface area (Å²) in [6.07, 6.45) is 0.